The number of hydrogen-bond acceptors (Lipinski definition) is 3. The molecule has 2 rings (SSSR count). The Morgan fingerprint density at radius 3 is 2.94 bits per heavy atom. The lowest BCUT2D eigenvalue weighted by Crippen LogP contribution is -2.38. The van der Waals surface area contributed by atoms with Crippen LogP contribution in [-0.2, 0) is 6.54 Å². The molecule has 92 valence electrons. The molecule has 0 saturated heterocycles. The second-order valence-electron chi connectivity index (χ2n) is 4.51. The van der Waals surface area contributed by atoms with E-state index in [1.165, 1.54) is 24.8 Å². The summed E-state index contributed by atoms with van der Waals surface area (Å²) in [4.78, 5) is 4.48. The predicted molar refractivity (Wildman–Crippen MR) is 72.0 cm³/mol. The standard InChI is InChI=1S/C14H21N3/c1-2-3-9-13-11-16-14(17-13)15-10-12-7-5-4-6-8-12/h4-8,13H,2-3,9-11H2,1H3,(H2,15,16,17). The van der Waals surface area contributed by atoms with Crippen LogP contribution in [0, 0.1) is 0 Å². The Hall–Kier alpha value is -1.51. The number of nitrogens with one attached hydrogen (secondary N) is 2. The number of aliphatic imine (C=N–C) groups is 1. The van der Waals surface area contributed by atoms with Crippen molar-refractivity contribution in [3.8, 4) is 0 Å². The number of benzene rings is 1. The molecule has 3 heteroatoms. The van der Waals surface area contributed by atoms with Gasteiger partial charge in [0.2, 0.25) is 0 Å². The van der Waals surface area contributed by atoms with Gasteiger partial charge in [-0.05, 0) is 12.0 Å². The molecule has 17 heavy (non-hydrogen) atoms. The molecule has 1 aromatic rings. The van der Waals surface area contributed by atoms with Gasteiger partial charge in [0.1, 0.15) is 0 Å². The zero-order valence-corrected chi connectivity index (χ0v) is 10.4. The lowest BCUT2D eigenvalue weighted by molar-refractivity contribution is 0.563. The van der Waals surface area contributed by atoms with Crippen LogP contribution in [0.5, 0.6) is 0 Å². The van der Waals surface area contributed by atoms with E-state index in [1.54, 1.807) is 0 Å². The number of rotatable bonds is 5. The van der Waals surface area contributed by atoms with Crippen molar-refractivity contribution in [3.05, 3.63) is 35.9 Å². The van der Waals surface area contributed by atoms with Gasteiger partial charge in [-0.15, -0.1) is 0 Å². The first-order valence-corrected chi connectivity index (χ1v) is 6.47. The van der Waals surface area contributed by atoms with E-state index in [0.29, 0.717) is 6.04 Å². The molecule has 1 aromatic carbocycles. The van der Waals surface area contributed by atoms with Crippen molar-refractivity contribution in [2.45, 2.75) is 38.8 Å². The van der Waals surface area contributed by atoms with E-state index in [2.05, 4.69) is 46.8 Å². The summed E-state index contributed by atoms with van der Waals surface area (Å²) in [6.45, 7) is 3.98. The molecule has 0 spiro atoms. The molecule has 1 unspecified atom stereocenters. The molecule has 0 saturated carbocycles. The molecular formula is C14H21N3. The van der Waals surface area contributed by atoms with Gasteiger partial charge in [0.15, 0.2) is 5.96 Å². The number of guanidine groups is 1. The average Bonchev–Trinajstić information content (AvgIpc) is 2.83. The van der Waals surface area contributed by atoms with Crippen molar-refractivity contribution in [3.63, 3.8) is 0 Å². The minimum atomic E-state index is 0.535. The summed E-state index contributed by atoms with van der Waals surface area (Å²) < 4.78 is 0. The molecule has 1 atom stereocenters. The maximum atomic E-state index is 4.48. The quantitative estimate of drug-likeness (QED) is 0.815. The van der Waals surface area contributed by atoms with Gasteiger partial charge in [-0.25, -0.2) is 0 Å². The van der Waals surface area contributed by atoms with Crippen LogP contribution in [-0.4, -0.2) is 18.5 Å². The Morgan fingerprint density at radius 1 is 1.35 bits per heavy atom. The van der Waals surface area contributed by atoms with Crippen molar-refractivity contribution >= 4 is 5.96 Å². The Bertz CT molecular complexity index is 359. The molecule has 2 N–H and O–H groups in total. The first-order chi connectivity index (χ1) is 8.38. The minimum absolute atomic E-state index is 0.535. The molecule has 1 aliphatic heterocycles. The maximum Gasteiger partial charge on any atom is 0.191 e. The Morgan fingerprint density at radius 2 is 2.18 bits per heavy atom. The van der Waals surface area contributed by atoms with E-state index in [9.17, 15) is 0 Å². The van der Waals surface area contributed by atoms with E-state index in [0.717, 1.165) is 19.0 Å². The van der Waals surface area contributed by atoms with Gasteiger partial charge in [-0.2, -0.15) is 0 Å². The Kier molecular flexibility index (Phi) is 4.42. The summed E-state index contributed by atoms with van der Waals surface area (Å²) in [6, 6.07) is 10.9. The van der Waals surface area contributed by atoms with Crippen molar-refractivity contribution in [2.75, 3.05) is 6.54 Å². The zero-order chi connectivity index (χ0) is 11.9. The van der Waals surface area contributed by atoms with Gasteiger partial charge in [0.05, 0.1) is 6.54 Å². The summed E-state index contributed by atoms with van der Waals surface area (Å²) in [6.07, 6.45) is 3.75. The first kappa shape index (κ1) is 12.0. The molecule has 0 bridgehead atoms. The molecule has 0 fully saturated rings. The highest BCUT2D eigenvalue weighted by atomic mass is 15.2. The lowest BCUT2D eigenvalue weighted by Gasteiger charge is -2.12. The van der Waals surface area contributed by atoms with Crippen LogP contribution in [0.3, 0.4) is 0 Å². The fraction of sp³-hybridized carbons (Fsp3) is 0.500. The third-order valence-corrected chi connectivity index (χ3v) is 3.02. The van der Waals surface area contributed by atoms with Crippen LogP contribution in [0.1, 0.15) is 31.7 Å². The van der Waals surface area contributed by atoms with Gasteiger partial charge in [0, 0.05) is 12.6 Å². The largest absolute Gasteiger partial charge is 0.352 e. The van der Waals surface area contributed by atoms with Crippen LogP contribution in [0.2, 0.25) is 0 Å². The highest BCUT2D eigenvalue weighted by Crippen LogP contribution is 2.05. The van der Waals surface area contributed by atoms with Gasteiger partial charge < -0.3 is 10.6 Å². The maximum absolute atomic E-state index is 4.48. The van der Waals surface area contributed by atoms with E-state index in [-0.39, 0.29) is 0 Å². The van der Waals surface area contributed by atoms with Crippen molar-refractivity contribution in [2.24, 2.45) is 4.99 Å². The monoisotopic (exact) mass is 231 g/mol. The molecule has 3 nitrogen and oxygen atoms in total. The van der Waals surface area contributed by atoms with Gasteiger partial charge in [-0.3, -0.25) is 4.99 Å². The number of nitrogens with zero attached hydrogens (tertiary/aromatic N) is 1. The minimum Gasteiger partial charge on any atom is -0.352 e. The van der Waals surface area contributed by atoms with E-state index < -0.39 is 0 Å². The normalized spacial score (nSPS) is 18.6. The highest BCUT2D eigenvalue weighted by Gasteiger charge is 2.15. The summed E-state index contributed by atoms with van der Waals surface area (Å²) in [5.41, 5.74) is 1.29. The van der Waals surface area contributed by atoms with Gasteiger partial charge in [0.25, 0.3) is 0 Å². The van der Waals surface area contributed by atoms with Crippen LogP contribution in [0.15, 0.2) is 35.3 Å². The fourth-order valence-electron chi connectivity index (χ4n) is 1.99. The molecule has 1 aliphatic rings. The second-order valence-corrected chi connectivity index (χ2v) is 4.51. The van der Waals surface area contributed by atoms with Crippen LogP contribution >= 0.6 is 0 Å². The van der Waals surface area contributed by atoms with E-state index in [1.807, 2.05) is 6.07 Å². The van der Waals surface area contributed by atoms with Crippen molar-refractivity contribution in [1.29, 1.82) is 0 Å². The van der Waals surface area contributed by atoms with Crippen molar-refractivity contribution in [1.82, 2.24) is 10.6 Å². The van der Waals surface area contributed by atoms with E-state index in [4.69, 9.17) is 0 Å². The summed E-state index contributed by atoms with van der Waals surface area (Å²) in [5, 5.41) is 6.78. The van der Waals surface area contributed by atoms with Crippen LogP contribution < -0.4 is 10.6 Å². The molecule has 1 heterocycles. The van der Waals surface area contributed by atoms with Gasteiger partial charge in [-0.1, -0.05) is 50.1 Å². The zero-order valence-electron chi connectivity index (χ0n) is 10.4. The molecule has 0 radical (unpaired) electrons. The SMILES string of the molecule is CCCCC1CN=C(NCc2ccccc2)N1. The Labute approximate surface area is 103 Å². The smallest absolute Gasteiger partial charge is 0.191 e. The number of hydrogen-bond donors (Lipinski definition) is 2. The summed E-state index contributed by atoms with van der Waals surface area (Å²) in [5.74, 6) is 0.954. The predicted octanol–water partition coefficient (Wildman–Crippen LogP) is 2.29. The van der Waals surface area contributed by atoms with Crippen molar-refractivity contribution < 1.29 is 0 Å². The topological polar surface area (TPSA) is 36.4 Å². The first-order valence-electron chi connectivity index (χ1n) is 6.47. The average molecular weight is 231 g/mol. The van der Waals surface area contributed by atoms with Crippen LogP contribution in [0.4, 0.5) is 0 Å². The van der Waals surface area contributed by atoms with E-state index >= 15 is 0 Å². The second kappa shape index (κ2) is 6.28. The highest BCUT2D eigenvalue weighted by molar-refractivity contribution is 5.81. The summed E-state index contributed by atoms with van der Waals surface area (Å²) in [7, 11) is 0. The third-order valence-electron chi connectivity index (χ3n) is 3.02. The fourth-order valence-corrected chi connectivity index (χ4v) is 1.99. The molecule has 0 aliphatic carbocycles. The summed E-state index contributed by atoms with van der Waals surface area (Å²) >= 11 is 0. The number of unbranched alkanes of at least 4 members (excludes halogenated alkanes) is 1. The molecule has 0 amide bonds. The molecular weight excluding hydrogens is 210 g/mol. The lowest BCUT2D eigenvalue weighted by atomic mass is 10.1. The molecule has 0 aromatic heterocycles. The van der Waals surface area contributed by atoms with Gasteiger partial charge >= 0.3 is 0 Å². The van der Waals surface area contributed by atoms with Crippen LogP contribution in [0.25, 0.3) is 0 Å². The Balaban J connectivity index is 1.71. The third kappa shape index (κ3) is 3.77.